The van der Waals surface area contributed by atoms with Crippen LogP contribution in [0.5, 0.6) is 0 Å². The molecule has 0 aliphatic carbocycles. The Morgan fingerprint density at radius 2 is 2.38 bits per heavy atom. The van der Waals surface area contributed by atoms with E-state index in [1.165, 1.54) is 0 Å². The normalized spacial score (nSPS) is 18.3. The maximum atomic E-state index is 5.67. The minimum atomic E-state index is 0.570. The molecule has 0 aromatic carbocycles. The molecule has 0 bridgehead atoms. The van der Waals surface area contributed by atoms with Gasteiger partial charge in [-0.15, -0.1) is 0 Å². The molecule has 1 fully saturated rings. The Kier molecular flexibility index (Phi) is 8.70. The number of methoxy groups -OCH3 is 1. The Morgan fingerprint density at radius 1 is 1.46 bits per heavy atom. The lowest BCUT2D eigenvalue weighted by molar-refractivity contribution is 0.0536. The van der Waals surface area contributed by atoms with Crippen molar-refractivity contribution in [1.82, 2.24) is 10.2 Å². The van der Waals surface area contributed by atoms with Crippen molar-refractivity contribution >= 4 is 5.96 Å². The minimum Gasteiger partial charge on any atom is -0.469 e. The lowest BCUT2D eigenvalue weighted by atomic mass is 10.1. The molecule has 1 aliphatic rings. The molecule has 0 spiro atoms. The topological polar surface area (TPSA) is 59.2 Å². The fourth-order valence-electron chi connectivity index (χ4n) is 2.79. The first-order valence-electron chi connectivity index (χ1n) is 8.95. The van der Waals surface area contributed by atoms with E-state index in [2.05, 4.69) is 17.1 Å². The van der Waals surface area contributed by atoms with E-state index in [4.69, 9.17) is 18.9 Å². The summed E-state index contributed by atoms with van der Waals surface area (Å²) >= 11 is 0. The Morgan fingerprint density at radius 3 is 3.12 bits per heavy atom. The maximum Gasteiger partial charge on any atom is 0.193 e. The summed E-state index contributed by atoms with van der Waals surface area (Å²) in [4.78, 5) is 7.08. The molecule has 24 heavy (non-hydrogen) atoms. The minimum absolute atomic E-state index is 0.570. The number of hydrogen-bond acceptors (Lipinski definition) is 4. The summed E-state index contributed by atoms with van der Waals surface area (Å²) in [7, 11) is 1.70. The lowest BCUT2D eigenvalue weighted by Gasteiger charge is -2.22. The smallest absolute Gasteiger partial charge is 0.193 e. The summed E-state index contributed by atoms with van der Waals surface area (Å²) in [5, 5.41) is 3.49. The highest BCUT2D eigenvalue weighted by atomic mass is 16.5. The highest BCUT2D eigenvalue weighted by Gasteiger charge is 2.25. The first kappa shape index (κ1) is 18.8. The van der Waals surface area contributed by atoms with Gasteiger partial charge in [0.05, 0.1) is 26.1 Å². The molecular weight excluding hydrogens is 306 g/mol. The molecule has 1 aliphatic heterocycles. The van der Waals surface area contributed by atoms with Gasteiger partial charge in [-0.1, -0.05) is 6.92 Å². The zero-order valence-corrected chi connectivity index (χ0v) is 15.0. The van der Waals surface area contributed by atoms with Gasteiger partial charge < -0.3 is 24.1 Å². The van der Waals surface area contributed by atoms with E-state index in [0.29, 0.717) is 19.1 Å². The van der Waals surface area contributed by atoms with Crippen LogP contribution in [0, 0.1) is 5.92 Å². The highest BCUT2D eigenvalue weighted by molar-refractivity contribution is 5.80. The second-order valence-electron chi connectivity index (χ2n) is 6.13. The first-order valence-corrected chi connectivity index (χ1v) is 8.95. The zero-order chi connectivity index (χ0) is 17.0. The zero-order valence-electron chi connectivity index (χ0n) is 15.0. The molecular formula is C18H31N3O3. The van der Waals surface area contributed by atoms with Crippen LogP contribution in [-0.4, -0.2) is 64.0 Å². The van der Waals surface area contributed by atoms with Crippen molar-refractivity contribution < 1.29 is 13.9 Å². The van der Waals surface area contributed by atoms with Gasteiger partial charge in [0.1, 0.15) is 5.76 Å². The van der Waals surface area contributed by atoms with Crippen molar-refractivity contribution in [3.8, 4) is 0 Å². The van der Waals surface area contributed by atoms with Crippen molar-refractivity contribution in [2.75, 3.05) is 53.1 Å². The summed E-state index contributed by atoms with van der Waals surface area (Å²) in [6.45, 7) is 8.01. The van der Waals surface area contributed by atoms with E-state index < -0.39 is 0 Å². The Bertz CT molecular complexity index is 462. The molecule has 2 rings (SSSR count). The molecule has 0 amide bonds. The van der Waals surface area contributed by atoms with E-state index in [0.717, 1.165) is 63.8 Å². The molecule has 1 aromatic rings. The van der Waals surface area contributed by atoms with Crippen LogP contribution < -0.4 is 5.32 Å². The molecule has 1 saturated heterocycles. The standard InChI is InChI=1S/C18H31N3O3/c1-3-8-19-18(20-9-6-17-5-4-11-24-17)21-10-7-16(14-21)15-23-13-12-22-2/h4-5,11,16H,3,6-10,12-15H2,1-2H3,(H,19,20). The van der Waals surface area contributed by atoms with Gasteiger partial charge in [-0.2, -0.15) is 0 Å². The molecule has 2 heterocycles. The van der Waals surface area contributed by atoms with Crippen LogP contribution in [0.25, 0.3) is 0 Å². The Hall–Kier alpha value is -1.53. The number of furan rings is 1. The maximum absolute atomic E-state index is 5.67. The number of nitrogens with zero attached hydrogens (tertiary/aromatic N) is 2. The number of nitrogens with one attached hydrogen (secondary N) is 1. The van der Waals surface area contributed by atoms with Gasteiger partial charge in [-0.05, 0) is 25.0 Å². The number of rotatable bonds is 10. The second-order valence-corrected chi connectivity index (χ2v) is 6.13. The van der Waals surface area contributed by atoms with Crippen molar-refractivity contribution in [2.24, 2.45) is 10.9 Å². The number of likely N-dealkylation sites (tertiary alicyclic amines) is 1. The molecule has 0 saturated carbocycles. The summed E-state index contributed by atoms with van der Waals surface area (Å²) in [5.41, 5.74) is 0. The quantitative estimate of drug-likeness (QED) is 0.403. The third kappa shape index (κ3) is 6.53. The van der Waals surface area contributed by atoms with Gasteiger partial charge >= 0.3 is 0 Å². The van der Waals surface area contributed by atoms with E-state index in [1.807, 2.05) is 12.1 Å². The molecule has 1 N–H and O–H groups in total. The average molecular weight is 337 g/mol. The van der Waals surface area contributed by atoms with Gasteiger partial charge in [-0.25, -0.2) is 0 Å². The highest BCUT2D eigenvalue weighted by Crippen LogP contribution is 2.16. The number of guanidine groups is 1. The van der Waals surface area contributed by atoms with Crippen molar-refractivity contribution in [3.05, 3.63) is 24.2 Å². The molecule has 0 radical (unpaired) electrons. The third-order valence-electron chi connectivity index (χ3n) is 4.09. The summed E-state index contributed by atoms with van der Waals surface area (Å²) in [5.74, 6) is 2.59. The van der Waals surface area contributed by atoms with Crippen LogP contribution in [0.3, 0.4) is 0 Å². The van der Waals surface area contributed by atoms with Gasteiger partial charge in [0.15, 0.2) is 5.96 Å². The van der Waals surface area contributed by atoms with Crippen LogP contribution in [0.4, 0.5) is 0 Å². The molecule has 6 heteroatoms. The van der Waals surface area contributed by atoms with E-state index in [-0.39, 0.29) is 0 Å². The van der Waals surface area contributed by atoms with Crippen LogP contribution in [0.15, 0.2) is 27.8 Å². The van der Waals surface area contributed by atoms with Gasteiger partial charge in [-0.3, -0.25) is 4.99 Å². The molecule has 1 unspecified atom stereocenters. The van der Waals surface area contributed by atoms with Crippen LogP contribution in [-0.2, 0) is 15.9 Å². The fourth-order valence-corrected chi connectivity index (χ4v) is 2.79. The van der Waals surface area contributed by atoms with Crippen LogP contribution in [0.1, 0.15) is 25.5 Å². The molecule has 136 valence electrons. The predicted octanol–water partition coefficient (Wildman–Crippen LogP) is 2.16. The van der Waals surface area contributed by atoms with Crippen LogP contribution >= 0.6 is 0 Å². The van der Waals surface area contributed by atoms with Crippen molar-refractivity contribution in [2.45, 2.75) is 26.2 Å². The third-order valence-corrected chi connectivity index (χ3v) is 4.09. The van der Waals surface area contributed by atoms with Gasteiger partial charge in [0, 0.05) is 45.6 Å². The Labute approximate surface area is 145 Å². The summed E-state index contributed by atoms with van der Waals surface area (Å²) < 4.78 is 16.1. The SMILES string of the molecule is CCCN=C(NCCc1ccco1)N1CCC(COCCOC)C1. The fraction of sp³-hybridized carbons (Fsp3) is 0.722. The lowest BCUT2D eigenvalue weighted by Crippen LogP contribution is -2.41. The second kappa shape index (κ2) is 11.1. The van der Waals surface area contributed by atoms with E-state index in [1.54, 1.807) is 13.4 Å². The van der Waals surface area contributed by atoms with Crippen molar-refractivity contribution in [3.63, 3.8) is 0 Å². The van der Waals surface area contributed by atoms with Crippen LogP contribution in [0.2, 0.25) is 0 Å². The van der Waals surface area contributed by atoms with Gasteiger partial charge in [0.2, 0.25) is 0 Å². The first-order chi connectivity index (χ1) is 11.8. The number of aliphatic imine (C=N–C) groups is 1. The summed E-state index contributed by atoms with van der Waals surface area (Å²) in [6.07, 6.45) is 4.80. The molecule has 1 atom stereocenters. The number of ether oxygens (including phenoxy) is 2. The van der Waals surface area contributed by atoms with E-state index in [9.17, 15) is 0 Å². The predicted molar refractivity (Wildman–Crippen MR) is 95.4 cm³/mol. The average Bonchev–Trinajstić information content (AvgIpc) is 3.26. The monoisotopic (exact) mass is 337 g/mol. The largest absolute Gasteiger partial charge is 0.469 e. The Balaban J connectivity index is 1.75. The molecule has 1 aromatic heterocycles. The molecule has 6 nitrogen and oxygen atoms in total. The number of hydrogen-bond donors (Lipinski definition) is 1. The summed E-state index contributed by atoms with van der Waals surface area (Å²) in [6, 6.07) is 3.93. The van der Waals surface area contributed by atoms with Gasteiger partial charge in [0.25, 0.3) is 0 Å². The van der Waals surface area contributed by atoms with Crippen molar-refractivity contribution in [1.29, 1.82) is 0 Å². The van der Waals surface area contributed by atoms with E-state index >= 15 is 0 Å².